The van der Waals surface area contributed by atoms with Gasteiger partial charge in [0.1, 0.15) is 0 Å². The average molecular weight is 247 g/mol. The van der Waals surface area contributed by atoms with Crippen molar-refractivity contribution < 1.29 is 9.90 Å². The maximum Gasteiger partial charge on any atom is 0.308 e. The van der Waals surface area contributed by atoms with Gasteiger partial charge >= 0.3 is 5.97 Å². The van der Waals surface area contributed by atoms with Gasteiger partial charge in [0, 0.05) is 19.1 Å². The van der Waals surface area contributed by atoms with Crippen molar-refractivity contribution in [3.05, 3.63) is 35.9 Å². The number of carbonyl (C=O) groups is 1. The Morgan fingerprint density at radius 2 is 2.06 bits per heavy atom. The van der Waals surface area contributed by atoms with Crippen molar-refractivity contribution >= 4 is 5.97 Å². The average Bonchev–Trinajstić information content (AvgIpc) is 2.74. The van der Waals surface area contributed by atoms with Crippen molar-refractivity contribution in [2.24, 2.45) is 11.8 Å². The molecule has 3 nitrogen and oxygen atoms in total. The van der Waals surface area contributed by atoms with Crippen molar-refractivity contribution in [1.82, 2.24) is 4.90 Å². The predicted octanol–water partition coefficient (Wildman–Crippen LogP) is 2.79. The molecule has 0 saturated carbocycles. The monoisotopic (exact) mass is 247 g/mol. The van der Waals surface area contributed by atoms with Gasteiger partial charge in [0.15, 0.2) is 0 Å². The molecule has 1 N–H and O–H groups in total. The smallest absolute Gasteiger partial charge is 0.308 e. The van der Waals surface area contributed by atoms with Crippen LogP contribution in [0, 0.1) is 11.8 Å². The van der Waals surface area contributed by atoms with Gasteiger partial charge in [-0.3, -0.25) is 9.69 Å². The Labute approximate surface area is 108 Å². The molecule has 1 fully saturated rings. The van der Waals surface area contributed by atoms with E-state index in [-0.39, 0.29) is 11.8 Å². The second kappa shape index (κ2) is 5.53. The van der Waals surface area contributed by atoms with Gasteiger partial charge in [-0.15, -0.1) is 0 Å². The largest absolute Gasteiger partial charge is 0.481 e. The van der Waals surface area contributed by atoms with Crippen LogP contribution in [0.3, 0.4) is 0 Å². The second-order valence-corrected chi connectivity index (χ2v) is 5.21. The van der Waals surface area contributed by atoms with E-state index < -0.39 is 5.97 Å². The van der Waals surface area contributed by atoms with E-state index in [1.54, 1.807) is 0 Å². The third-order valence-corrected chi connectivity index (χ3v) is 3.97. The number of carboxylic acid groups (broad SMARTS) is 1. The summed E-state index contributed by atoms with van der Waals surface area (Å²) in [7, 11) is 0. The summed E-state index contributed by atoms with van der Waals surface area (Å²) in [4.78, 5) is 13.5. The van der Waals surface area contributed by atoms with Crippen LogP contribution in [-0.4, -0.2) is 29.1 Å². The summed E-state index contributed by atoms with van der Waals surface area (Å²) in [6, 6.07) is 10.7. The molecule has 0 bridgehead atoms. The summed E-state index contributed by atoms with van der Waals surface area (Å²) in [5.41, 5.74) is 1.29. The van der Waals surface area contributed by atoms with E-state index in [1.165, 1.54) is 5.56 Å². The van der Waals surface area contributed by atoms with Gasteiger partial charge in [0.05, 0.1) is 5.92 Å². The molecule has 3 unspecified atom stereocenters. The molecule has 0 aromatic heterocycles. The molecule has 0 aliphatic carbocycles. The molecule has 0 radical (unpaired) electrons. The Morgan fingerprint density at radius 1 is 1.39 bits per heavy atom. The highest BCUT2D eigenvalue weighted by atomic mass is 16.4. The molecular formula is C15H21NO2. The van der Waals surface area contributed by atoms with Crippen LogP contribution in [0.4, 0.5) is 0 Å². The number of likely N-dealkylation sites (tertiary alicyclic amines) is 1. The van der Waals surface area contributed by atoms with Crippen molar-refractivity contribution in [2.75, 3.05) is 13.1 Å². The van der Waals surface area contributed by atoms with E-state index in [1.807, 2.05) is 25.1 Å². The Kier molecular flexibility index (Phi) is 4.02. The minimum Gasteiger partial charge on any atom is -0.481 e. The molecule has 1 aliphatic rings. The SMILES string of the molecule is CCC(c1ccccc1)N1CC(C)C(C(=O)O)C1. The zero-order valence-corrected chi connectivity index (χ0v) is 11.0. The van der Waals surface area contributed by atoms with Crippen LogP contribution in [0.5, 0.6) is 0 Å². The maximum atomic E-state index is 11.2. The first kappa shape index (κ1) is 13.1. The first-order valence-corrected chi connectivity index (χ1v) is 6.65. The van der Waals surface area contributed by atoms with Crippen molar-refractivity contribution in [3.8, 4) is 0 Å². The highest BCUT2D eigenvalue weighted by molar-refractivity contribution is 5.71. The second-order valence-electron chi connectivity index (χ2n) is 5.21. The first-order valence-electron chi connectivity index (χ1n) is 6.65. The Morgan fingerprint density at radius 3 is 2.56 bits per heavy atom. The number of aliphatic carboxylic acids is 1. The summed E-state index contributed by atoms with van der Waals surface area (Å²) in [6.07, 6.45) is 1.02. The van der Waals surface area contributed by atoms with Gasteiger partial charge in [0.25, 0.3) is 0 Å². The molecule has 1 aromatic carbocycles. The lowest BCUT2D eigenvalue weighted by Gasteiger charge is -2.27. The van der Waals surface area contributed by atoms with Gasteiger partial charge in [0.2, 0.25) is 0 Å². The van der Waals surface area contributed by atoms with Crippen LogP contribution in [0.2, 0.25) is 0 Å². The summed E-state index contributed by atoms with van der Waals surface area (Å²) >= 11 is 0. The Hall–Kier alpha value is -1.35. The van der Waals surface area contributed by atoms with Gasteiger partial charge in [-0.25, -0.2) is 0 Å². The van der Waals surface area contributed by atoms with E-state index >= 15 is 0 Å². The van der Waals surface area contributed by atoms with Crippen molar-refractivity contribution in [2.45, 2.75) is 26.3 Å². The molecular weight excluding hydrogens is 226 g/mol. The molecule has 0 amide bonds. The molecule has 3 heteroatoms. The summed E-state index contributed by atoms with van der Waals surface area (Å²) in [5, 5.41) is 9.20. The molecule has 18 heavy (non-hydrogen) atoms. The number of rotatable bonds is 4. The normalized spacial score (nSPS) is 26.1. The van der Waals surface area contributed by atoms with E-state index in [0.29, 0.717) is 12.6 Å². The van der Waals surface area contributed by atoms with Crippen molar-refractivity contribution in [1.29, 1.82) is 0 Å². The third kappa shape index (κ3) is 2.56. The summed E-state index contributed by atoms with van der Waals surface area (Å²) in [6.45, 7) is 5.75. The lowest BCUT2D eigenvalue weighted by Crippen LogP contribution is -2.27. The Balaban J connectivity index is 2.14. The van der Waals surface area contributed by atoms with E-state index in [9.17, 15) is 9.90 Å². The molecule has 0 spiro atoms. The number of hydrogen-bond acceptors (Lipinski definition) is 2. The van der Waals surface area contributed by atoms with Gasteiger partial charge in [-0.1, -0.05) is 44.2 Å². The topological polar surface area (TPSA) is 40.5 Å². The van der Waals surface area contributed by atoms with Crippen LogP contribution in [0.25, 0.3) is 0 Å². The van der Waals surface area contributed by atoms with Crippen LogP contribution in [0.15, 0.2) is 30.3 Å². The van der Waals surface area contributed by atoms with E-state index in [0.717, 1.165) is 13.0 Å². The Bertz CT molecular complexity index is 404. The van der Waals surface area contributed by atoms with Gasteiger partial charge < -0.3 is 5.11 Å². The molecule has 1 aromatic rings. The highest BCUT2D eigenvalue weighted by Gasteiger charge is 2.37. The maximum absolute atomic E-state index is 11.2. The van der Waals surface area contributed by atoms with Crippen LogP contribution < -0.4 is 0 Å². The minimum absolute atomic E-state index is 0.220. The fraction of sp³-hybridized carbons (Fsp3) is 0.533. The lowest BCUT2D eigenvalue weighted by atomic mass is 9.99. The predicted molar refractivity (Wildman–Crippen MR) is 71.3 cm³/mol. The zero-order valence-electron chi connectivity index (χ0n) is 11.0. The number of hydrogen-bond donors (Lipinski definition) is 1. The molecule has 1 aliphatic heterocycles. The quantitative estimate of drug-likeness (QED) is 0.889. The van der Waals surface area contributed by atoms with Crippen LogP contribution >= 0.6 is 0 Å². The van der Waals surface area contributed by atoms with E-state index in [2.05, 4.69) is 24.0 Å². The molecule has 2 rings (SSSR count). The molecule has 98 valence electrons. The number of benzene rings is 1. The zero-order chi connectivity index (χ0) is 13.1. The molecule has 3 atom stereocenters. The number of carboxylic acids is 1. The summed E-state index contributed by atoms with van der Waals surface area (Å²) in [5.74, 6) is -0.643. The first-order chi connectivity index (χ1) is 8.63. The van der Waals surface area contributed by atoms with E-state index in [4.69, 9.17) is 0 Å². The van der Waals surface area contributed by atoms with Crippen LogP contribution in [-0.2, 0) is 4.79 Å². The van der Waals surface area contributed by atoms with Gasteiger partial charge in [-0.05, 0) is 17.9 Å². The number of nitrogens with zero attached hydrogens (tertiary/aromatic N) is 1. The van der Waals surface area contributed by atoms with Crippen molar-refractivity contribution in [3.63, 3.8) is 0 Å². The van der Waals surface area contributed by atoms with Crippen LogP contribution in [0.1, 0.15) is 31.9 Å². The standard InChI is InChI=1S/C15H21NO2/c1-3-14(12-7-5-4-6-8-12)16-9-11(2)13(10-16)15(17)18/h4-8,11,13-14H,3,9-10H2,1-2H3,(H,17,18). The third-order valence-electron chi connectivity index (χ3n) is 3.97. The fourth-order valence-corrected chi connectivity index (χ4v) is 2.96. The molecule has 1 heterocycles. The minimum atomic E-state index is -0.659. The highest BCUT2D eigenvalue weighted by Crippen LogP contribution is 2.32. The van der Waals surface area contributed by atoms with Gasteiger partial charge in [-0.2, -0.15) is 0 Å². The lowest BCUT2D eigenvalue weighted by molar-refractivity contribution is -0.142. The fourth-order valence-electron chi connectivity index (χ4n) is 2.96. The molecule has 1 saturated heterocycles. The summed E-state index contributed by atoms with van der Waals surface area (Å²) < 4.78 is 0.